The van der Waals surface area contributed by atoms with Gasteiger partial charge in [-0.3, -0.25) is 5.84 Å². The molecule has 0 aromatic heterocycles. The van der Waals surface area contributed by atoms with Gasteiger partial charge in [-0.1, -0.05) is 42.8 Å². The summed E-state index contributed by atoms with van der Waals surface area (Å²) in [6.07, 6.45) is 3.70. The molecular formula is C18H21FN2. The van der Waals surface area contributed by atoms with Gasteiger partial charge in [0.05, 0.1) is 6.04 Å². The monoisotopic (exact) mass is 284 g/mol. The molecule has 0 radical (unpaired) electrons. The zero-order valence-electron chi connectivity index (χ0n) is 12.3. The largest absolute Gasteiger partial charge is 0.271 e. The van der Waals surface area contributed by atoms with E-state index in [1.54, 1.807) is 6.07 Å². The maximum absolute atomic E-state index is 14.3. The summed E-state index contributed by atoms with van der Waals surface area (Å²) in [5.41, 5.74) is 6.71. The number of aryl methyl sites for hydroxylation is 1. The highest BCUT2D eigenvalue weighted by molar-refractivity contribution is 5.41. The van der Waals surface area contributed by atoms with Crippen LogP contribution in [0.2, 0.25) is 0 Å². The van der Waals surface area contributed by atoms with Crippen molar-refractivity contribution in [2.75, 3.05) is 0 Å². The van der Waals surface area contributed by atoms with Gasteiger partial charge in [0.2, 0.25) is 0 Å². The standard InChI is InChI=1S/C18H21FN2/c1-12-9-10-16(17(19)11-12)18(21-20)15-8-3-2-7-14(15)13-5-4-6-13/h2-3,7-11,13,18,21H,4-6,20H2,1H3. The lowest BCUT2D eigenvalue weighted by Gasteiger charge is -2.30. The van der Waals surface area contributed by atoms with Gasteiger partial charge in [0, 0.05) is 5.56 Å². The summed E-state index contributed by atoms with van der Waals surface area (Å²) in [6.45, 7) is 1.89. The lowest BCUT2D eigenvalue weighted by Crippen LogP contribution is -2.31. The van der Waals surface area contributed by atoms with E-state index >= 15 is 0 Å². The molecule has 0 heterocycles. The molecule has 0 aliphatic heterocycles. The molecule has 2 nitrogen and oxygen atoms in total. The molecule has 2 aromatic carbocycles. The molecule has 3 heteroatoms. The van der Waals surface area contributed by atoms with Crippen LogP contribution in [-0.4, -0.2) is 0 Å². The Morgan fingerprint density at radius 3 is 2.52 bits per heavy atom. The van der Waals surface area contributed by atoms with Crippen molar-refractivity contribution in [3.63, 3.8) is 0 Å². The smallest absolute Gasteiger partial charge is 0.128 e. The second kappa shape index (κ2) is 5.96. The molecule has 0 amide bonds. The molecule has 1 unspecified atom stereocenters. The quantitative estimate of drug-likeness (QED) is 0.659. The third-order valence-corrected chi connectivity index (χ3v) is 4.49. The summed E-state index contributed by atoms with van der Waals surface area (Å²) in [4.78, 5) is 0. The maximum atomic E-state index is 14.3. The number of hydrogen-bond donors (Lipinski definition) is 2. The van der Waals surface area contributed by atoms with E-state index < -0.39 is 0 Å². The van der Waals surface area contributed by atoms with Gasteiger partial charge in [-0.05, 0) is 48.4 Å². The van der Waals surface area contributed by atoms with Crippen molar-refractivity contribution in [3.05, 3.63) is 70.5 Å². The van der Waals surface area contributed by atoms with Crippen molar-refractivity contribution in [1.82, 2.24) is 5.43 Å². The summed E-state index contributed by atoms with van der Waals surface area (Å²) in [5, 5.41) is 0. The fraction of sp³-hybridized carbons (Fsp3) is 0.333. The normalized spacial score (nSPS) is 16.5. The molecule has 1 saturated carbocycles. The number of hydrogen-bond acceptors (Lipinski definition) is 2. The van der Waals surface area contributed by atoms with Crippen molar-refractivity contribution in [1.29, 1.82) is 0 Å². The van der Waals surface area contributed by atoms with E-state index in [1.165, 1.54) is 24.8 Å². The van der Waals surface area contributed by atoms with Gasteiger partial charge >= 0.3 is 0 Å². The van der Waals surface area contributed by atoms with Crippen LogP contribution in [0.1, 0.15) is 53.5 Å². The number of nitrogens with one attached hydrogen (secondary N) is 1. The van der Waals surface area contributed by atoms with Crippen LogP contribution in [0, 0.1) is 12.7 Å². The van der Waals surface area contributed by atoms with E-state index in [9.17, 15) is 4.39 Å². The number of rotatable bonds is 4. The molecule has 1 fully saturated rings. The predicted molar refractivity (Wildman–Crippen MR) is 83.3 cm³/mol. The minimum Gasteiger partial charge on any atom is -0.271 e. The predicted octanol–water partition coefficient (Wildman–Crippen LogP) is 3.95. The minimum absolute atomic E-state index is 0.207. The molecule has 1 aliphatic carbocycles. The van der Waals surface area contributed by atoms with Crippen LogP contribution in [0.3, 0.4) is 0 Å². The van der Waals surface area contributed by atoms with Gasteiger partial charge in [0.25, 0.3) is 0 Å². The van der Waals surface area contributed by atoms with E-state index in [0.717, 1.165) is 11.1 Å². The van der Waals surface area contributed by atoms with Crippen LogP contribution in [0.5, 0.6) is 0 Å². The highest BCUT2D eigenvalue weighted by Crippen LogP contribution is 2.40. The van der Waals surface area contributed by atoms with Crippen molar-refractivity contribution >= 4 is 0 Å². The van der Waals surface area contributed by atoms with E-state index in [-0.39, 0.29) is 11.9 Å². The zero-order chi connectivity index (χ0) is 14.8. The first-order valence-corrected chi connectivity index (χ1v) is 7.51. The van der Waals surface area contributed by atoms with Crippen molar-refractivity contribution in [2.45, 2.75) is 38.1 Å². The molecule has 0 bridgehead atoms. The zero-order valence-corrected chi connectivity index (χ0v) is 12.3. The number of nitrogens with two attached hydrogens (primary N) is 1. The van der Waals surface area contributed by atoms with Gasteiger partial charge in [0.15, 0.2) is 0 Å². The molecule has 0 spiro atoms. The Hall–Kier alpha value is -1.71. The molecule has 3 N–H and O–H groups in total. The fourth-order valence-electron chi connectivity index (χ4n) is 3.08. The number of halogens is 1. The third-order valence-electron chi connectivity index (χ3n) is 4.49. The van der Waals surface area contributed by atoms with Crippen molar-refractivity contribution in [3.8, 4) is 0 Å². The van der Waals surface area contributed by atoms with Gasteiger partial charge in [-0.15, -0.1) is 0 Å². The third kappa shape index (κ3) is 2.71. The van der Waals surface area contributed by atoms with Gasteiger partial charge in [-0.2, -0.15) is 0 Å². The van der Waals surface area contributed by atoms with E-state index in [1.807, 2.05) is 25.1 Å². The average Bonchev–Trinajstić information content (AvgIpc) is 2.41. The average molecular weight is 284 g/mol. The lowest BCUT2D eigenvalue weighted by molar-refractivity contribution is 0.413. The number of hydrazine groups is 1. The maximum Gasteiger partial charge on any atom is 0.128 e. The molecule has 0 saturated heterocycles. The van der Waals surface area contributed by atoms with Gasteiger partial charge in [0.1, 0.15) is 5.82 Å². The molecule has 1 atom stereocenters. The summed E-state index contributed by atoms with van der Waals surface area (Å²) in [6, 6.07) is 13.3. The molecule has 3 rings (SSSR count). The second-order valence-corrected chi connectivity index (χ2v) is 5.88. The van der Waals surface area contributed by atoms with Crippen molar-refractivity contribution < 1.29 is 4.39 Å². The van der Waals surface area contributed by atoms with Crippen LogP contribution in [0.4, 0.5) is 4.39 Å². The van der Waals surface area contributed by atoms with Crippen LogP contribution in [-0.2, 0) is 0 Å². The summed E-state index contributed by atoms with van der Waals surface area (Å²) in [7, 11) is 0. The molecule has 1 aliphatic rings. The van der Waals surface area contributed by atoms with Crippen LogP contribution in [0.15, 0.2) is 42.5 Å². The van der Waals surface area contributed by atoms with E-state index in [2.05, 4.69) is 23.6 Å². The van der Waals surface area contributed by atoms with Crippen LogP contribution < -0.4 is 11.3 Å². The Balaban J connectivity index is 2.03. The van der Waals surface area contributed by atoms with Crippen molar-refractivity contribution in [2.24, 2.45) is 5.84 Å². The van der Waals surface area contributed by atoms with Crippen LogP contribution in [0.25, 0.3) is 0 Å². The first-order valence-electron chi connectivity index (χ1n) is 7.51. The summed E-state index contributed by atoms with van der Waals surface area (Å²) in [5.74, 6) is 6.14. The lowest BCUT2D eigenvalue weighted by atomic mass is 9.76. The molecule has 2 aromatic rings. The first kappa shape index (κ1) is 14.2. The summed E-state index contributed by atoms with van der Waals surface area (Å²) < 4.78 is 14.3. The Bertz CT molecular complexity index is 635. The fourth-order valence-corrected chi connectivity index (χ4v) is 3.08. The van der Waals surface area contributed by atoms with E-state index in [4.69, 9.17) is 5.84 Å². The molecular weight excluding hydrogens is 263 g/mol. The molecule has 21 heavy (non-hydrogen) atoms. The van der Waals surface area contributed by atoms with Crippen LogP contribution >= 0.6 is 0 Å². The van der Waals surface area contributed by atoms with Gasteiger partial charge in [-0.25, -0.2) is 9.82 Å². The Morgan fingerprint density at radius 2 is 1.90 bits per heavy atom. The second-order valence-electron chi connectivity index (χ2n) is 5.88. The minimum atomic E-state index is -0.303. The topological polar surface area (TPSA) is 38.0 Å². The Morgan fingerprint density at radius 1 is 1.14 bits per heavy atom. The first-order chi connectivity index (χ1) is 10.2. The highest BCUT2D eigenvalue weighted by atomic mass is 19.1. The Kier molecular flexibility index (Phi) is 4.04. The number of benzene rings is 2. The SMILES string of the molecule is Cc1ccc(C(NN)c2ccccc2C2CCC2)c(F)c1. The van der Waals surface area contributed by atoms with E-state index in [0.29, 0.717) is 11.5 Å². The van der Waals surface area contributed by atoms with Gasteiger partial charge < -0.3 is 0 Å². The Labute approximate surface area is 125 Å². The highest BCUT2D eigenvalue weighted by Gasteiger charge is 2.26. The summed E-state index contributed by atoms with van der Waals surface area (Å²) >= 11 is 0. The molecule has 110 valence electrons.